The molecule has 0 aliphatic rings. The van der Waals surface area contributed by atoms with Crippen molar-refractivity contribution >= 4 is 48.7 Å². The predicted molar refractivity (Wildman–Crippen MR) is 132 cm³/mol. The van der Waals surface area contributed by atoms with Crippen LogP contribution in [0.15, 0.2) is 69.1 Å². The maximum Gasteiger partial charge on any atom is 0.274 e. The molecule has 0 unspecified atom stereocenters. The molecule has 0 fully saturated rings. The van der Waals surface area contributed by atoms with Gasteiger partial charge in [-0.1, -0.05) is 6.07 Å². The molecule has 1 aromatic heterocycles. The van der Waals surface area contributed by atoms with E-state index in [1.54, 1.807) is 25.3 Å². The quantitative estimate of drug-likeness (QED) is 0.406. The molecule has 0 spiro atoms. The van der Waals surface area contributed by atoms with E-state index < -0.39 is 38.3 Å². The van der Waals surface area contributed by atoms with Gasteiger partial charge in [0, 0.05) is 6.04 Å². The van der Waals surface area contributed by atoms with Crippen molar-refractivity contribution < 1.29 is 30.8 Å². The average Bonchev–Trinajstić information content (AvgIpc) is 3.33. The fourth-order valence-electron chi connectivity index (χ4n) is 3.09. The zero-order chi connectivity index (χ0) is 25.8. The Hall–Kier alpha value is -3.00. The lowest BCUT2D eigenvalue weighted by molar-refractivity contribution is -0.114. The highest BCUT2D eigenvalue weighted by Gasteiger charge is 2.28. The molecule has 0 aliphatic heterocycles. The minimum absolute atomic E-state index is 0.0000520. The highest BCUT2D eigenvalue weighted by atomic mass is 32.2. The summed E-state index contributed by atoms with van der Waals surface area (Å²) in [5, 5.41) is 4.10. The van der Waals surface area contributed by atoms with Gasteiger partial charge in [0.05, 0.1) is 23.4 Å². The van der Waals surface area contributed by atoms with Crippen molar-refractivity contribution in [3.05, 3.63) is 65.8 Å². The van der Waals surface area contributed by atoms with Crippen LogP contribution in [0.25, 0.3) is 0 Å². The molecule has 1 amide bonds. The predicted octanol–water partition coefficient (Wildman–Crippen LogP) is 3.42. The molecule has 3 rings (SSSR count). The number of carbonyl (C=O) groups excluding carboxylic acids is 1. The zero-order valence-electron chi connectivity index (χ0n) is 19.1. The Morgan fingerprint density at radius 2 is 1.77 bits per heavy atom. The number of hydrogen-bond acceptors (Lipinski definition) is 7. The Morgan fingerprint density at radius 1 is 1.09 bits per heavy atom. The van der Waals surface area contributed by atoms with Gasteiger partial charge >= 0.3 is 0 Å². The van der Waals surface area contributed by atoms with Gasteiger partial charge in [-0.3, -0.25) is 9.10 Å². The van der Waals surface area contributed by atoms with Gasteiger partial charge in [0.25, 0.3) is 10.0 Å². The number of nitrogens with zero attached hydrogens (tertiary/aromatic N) is 1. The molecule has 35 heavy (non-hydrogen) atoms. The summed E-state index contributed by atoms with van der Waals surface area (Å²) in [6.45, 7) is 2.68. The number of sulfonamides is 2. The van der Waals surface area contributed by atoms with Gasteiger partial charge in [-0.05, 0) is 67.8 Å². The Bertz CT molecular complexity index is 1390. The molecule has 3 aromatic rings. The number of ether oxygens (including phenoxy) is 1. The number of anilines is 2. The van der Waals surface area contributed by atoms with E-state index in [0.29, 0.717) is 0 Å². The highest BCUT2D eigenvalue weighted by Crippen LogP contribution is 2.29. The van der Waals surface area contributed by atoms with Crippen LogP contribution in [0, 0.1) is 5.82 Å². The summed E-state index contributed by atoms with van der Waals surface area (Å²) in [4.78, 5) is 12.9. The number of rotatable bonds is 10. The number of carbonyl (C=O) groups is 1. The van der Waals surface area contributed by atoms with Crippen LogP contribution < -0.4 is 19.1 Å². The minimum atomic E-state index is -4.14. The van der Waals surface area contributed by atoms with Crippen molar-refractivity contribution in [2.45, 2.75) is 29.0 Å². The molecule has 0 atom stereocenters. The number of halogens is 1. The van der Waals surface area contributed by atoms with Crippen molar-refractivity contribution in [1.82, 2.24) is 4.72 Å². The van der Waals surface area contributed by atoms with Crippen LogP contribution in [0.4, 0.5) is 15.8 Å². The van der Waals surface area contributed by atoms with Crippen molar-refractivity contribution in [3.8, 4) is 5.75 Å². The van der Waals surface area contributed by atoms with Gasteiger partial charge in [0.1, 0.15) is 22.3 Å². The van der Waals surface area contributed by atoms with Crippen LogP contribution in [0.1, 0.15) is 13.8 Å². The molecule has 188 valence electrons. The normalized spacial score (nSPS) is 11.9. The van der Waals surface area contributed by atoms with E-state index >= 15 is 0 Å². The van der Waals surface area contributed by atoms with E-state index in [1.165, 1.54) is 43.5 Å². The maximum absolute atomic E-state index is 13.5. The van der Waals surface area contributed by atoms with Gasteiger partial charge in [-0.2, -0.15) is 0 Å². The summed E-state index contributed by atoms with van der Waals surface area (Å²) >= 11 is 0.974. The van der Waals surface area contributed by atoms with Crippen LogP contribution in [-0.4, -0.2) is 42.4 Å². The molecule has 2 N–H and O–H groups in total. The minimum Gasteiger partial charge on any atom is -0.495 e. The zero-order valence-corrected chi connectivity index (χ0v) is 21.5. The second kappa shape index (κ2) is 10.7. The van der Waals surface area contributed by atoms with E-state index in [1.807, 2.05) is 0 Å². The Morgan fingerprint density at radius 3 is 2.34 bits per heavy atom. The van der Waals surface area contributed by atoms with Crippen molar-refractivity contribution in [2.75, 3.05) is 23.3 Å². The number of amides is 1. The number of benzene rings is 2. The number of methoxy groups -OCH3 is 1. The lowest BCUT2D eigenvalue weighted by Gasteiger charge is -2.23. The van der Waals surface area contributed by atoms with Crippen LogP contribution in [0.2, 0.25) is 0 Å². The molecule has 9 nitrogen and oxygen atoms in total. The topological polar surface area (TPSA) is 122 Å². The Kier molecular flexibility index (Phi) is 8.15. The largest absolute Gasteiger partial charge is 0.495 e. The van der Waals surface area contributed by atoms with E-state index in [9.17, 15) is 26.0 Å². The third kappa shape index (κ3) is 6.36. The summed E-state index contributed by atoms with van der Waals surface area (Å²) in [5.74, 6) is -1.15. The Balaban J connectivity index is 1.94. The fourth-order valence-corrected chi connectivity index (χ4v) is 6.89. The molecular weight excluding hydrogens is 517 g/mol. The van der Waals surface area contributed by atoms with E-state index in [4.69, 9.17) is 4.74 Å². The first-order chi connectivity index (χ1) is 16.4. The third-order valence-electron chi connectivity index (χ3n) is 4.59. The van der Waals surface area contributed by atoms with Crippen LogP contribution in [-0.2, 0) is 24.8 Å². The molecule has 2 aromatic carbocycles. The van der Waals surface area contributed by atoms with Crippen molar-refractivity contribution in [2.24, 2.45) is 0 Å². The van der Waals surface area contributed by atoms with Crippen LogP contribution in [0.3, 0.4) is 0 Å². The van der Waals surface area contributed by atoms with Gasteiger partial charge in [-0.15, -0.1) is 11.3 Å². The smallest absolute Gasteiger partial charge is 0.274 e. The van der Waals surface area contributed by atoms with Crippen LogP contribution in [0.5, 0.6) is 5.75 Å². The van der Waals surface area contributed by atoms with Crippen molar-refractivity contribution in [3.63, 3.8) is 0 Å². The molecule has 13 heteroatoms. The first-order valence-corrected chi connectivity index (χ1v) is 14.1. The summed E-state index contributed by atoms with van der Waals surface area (Å²) in [7, 11) is -6.66. The standard InChI is InChI=1S/C22H24FN3O6S3/c1-15(2)25-34(28,29)18-10-11-20(32-3)19(13-18)24-21(27)14-26(17-8-6-16(23)7-9-17)35(30,31)22-5-4-12-33-22/h4-13,15,25H,14H2,1-3H3,(H,24,27). The second-order valence-electron chi connectivity index (χ2n) is 7.61. The molecule has 0 bridgehead atoms. The summed E-state index contributed by atoms with van der Waals surface area (Å²) in [5.41, 5.74) is 0.121. The molecule has 0 aliphatic carbocycles. The van der Waals surface area contributed by atoms with E-state index in [0.717, 1.165) is 27.8 Å². The molecule has 0 saturated carbocycles. The number of hydrogen-bond donors (Lipinski definition) is 2. The Labute approximate surface area is 207 Å². The SMILES string of the molecule is COc1ccc(S(=O)(=O)NC(C)C)cc1NC(=O)CN(c1ccc(F)cc1)S(=O)(=O)c1cccs1. The number of thiophene rings is 1. The monoisotopic (exact) mass is 541 g/mol. The summed E-state index contributed by atoms with van der Waals surface area (Å²) in [6, 6.07) is 11.2. The third-order valence-corrected chi connectivity index (χ3v) is 9.39. The second-order valence-corrected chi connectivity index (χ2v) is 12.4. The molecule has 0 radical (unpaired) electrons. The summed E-state index contributed by atoms with van der Waals surface area (Å²) in [6.07, 6.45) is 0. The highest BCUT2D eigenvalue weighted by molar-refractivity contribution is 7.94. The first kappa shape index (κ1) is 26.6. The summed E-state index contributed by atoms with van der Waals surface area (Å²) < 4.78 is 73.5. The molecular formula is C22H24FN3O6S3. The first-order valence-electron chi connectivity index (χ1n) is 10.3. The average molecular weight is 542 g/mol. The van der Waals surface area contributed by atoms with Gasteiger partial charge in [-0.25, -0.2) is 25.9 Å². The van der Waals surface area contributed by atoms with Gasteiger partial charge in [0.15, 0.2) is 0 Å². The van der Waals surface area contributed by atoms with Crippen molar-refractivity contribution in [1.29, 1.82) is 0 Å². The molecule has 1 heterocycles. The number of nitrogens with one attached hydrogen (secondary N) is 2. The van der Waals surface area contributed by atoms with Crippen LogP contribution >= 0.6 is 11.3 Å². The van der Waals surface area contributed by atoms with E-state index in [-0.39, 0.29) is 32.3 Å². The maximum atomic E-state index is 13.5. The molecule has 0 saturated heterocycles. The lowest BCUT2D eigenvalue weighted by atomic mass is 10.3. The van der Waals surface area contributed by atoms with Gasteiger partial charge < -0.3 is 10.1 Å². The lowest BCUT2D eigenvalue weighted by Crippen LogP contribution is -2.38. The van der Waals surface area contributed by atoms with Gasteiger partial charge in [0.2, 0.25) is 15.9 Å². The van der Waals surface area contributed by atoms with E-state index in [2.05, 4.69) is 10.0 Å². The fraction of sp³-hybridized carbons (Fsp3) is 0.227.